The second kappa shape index (κ2) is 13.0. The van der Waals surface area contributed by atoms with E-state index in [1.807, 2.05) is 0 Å². The molecule has 0 saturated heterocycles. The van der Waals surface area contributed by atoms with Crippen LogP contribution in [0.3, 0.4) is 0 Å². The van der Waals surface area contributed by atoms with E-state index in [9.17, 15) is 4.79 Å². The van der Waals surface area contributed by atoms with Gasteiger partial charge in [-0.2, -0.15) is 4.98 Å². The van der Waals surface area contributed by atoms with Crippen LogP contribution in [0.2, 0.25) is 0 Å². The fourth-order valence-corrected chi connectivity index (χ4v) is 5.23. The van der Waals surface area contributed by atoms with Crippen LogP contribution in [-0.4, -0.2) is 65.8 Å². The number of benzene rings is 1. The normalized spacial score (nSPS) is 15.3. The molecule has 1 aliphatic heterocycles. The molecular formula is C29H42F2N6O3. The standard InChI is InChI=1S/C29H42F2N6O3/c1-7-40-23-15-22(39-6)24(30)26(25(23)31)36-17-20-16-33-28(34-27(20)37(29(36)38)21-11-12-21)32-13-9-8-10-14-35(18(2)3)19(4)5/h15-16,18-19,21H,7-14,17H2,1-6H3,(H,32,33,34). The molecule has 1 fully saturated rings. The average Bonchev–Trinajstić information content (AvgIpc) is 3.75. The molecule has 2 aliphatic rings. The van der Waals surface area contributed by atoms with Crippen molar-refractivity contribution in [3.63, 3.8) is 0 Å². The maximum Gasteiger partial charge on any atom is 0.330 e. The van der Waals surface area contributed by atoms with Gasteiger partial charge in [0.05, 0.1) is 20.3 Å². The minimum atomic E-state index is -0.958. The van der Waals surface area contributed by atoms with Crippen LogP contribution in [-0.2, 0) is 6.54 Å². The smallest absolute Gasteiger partial charge is 0.330 e. The molecule has 1 N–H and O–H groups in total. The Hall–Kier alpha value is -3.21. The summed E-state index contributed by atoms with van der Waals surface area (Å²) in [5.74, 6) is -1.36. The Bertz CT molecular complexity index is 1180. The zero-order chi connectivity index (χ0) is 29.0. The van der Waals surface area contributed by atoms with Gasteiger partial charge in [0.15, 0.2) is 23.1 Å². The lowest BCUT2D eigenvalue weighted by molar-refractivity contribution is 0.171. The summed E-state index contributed by atoms with van der Waals surface area (Å²) in [5, 5.41) is 3.28. The molecule has 0 atom stereocenters. The summed E-state index contributed by atoms with van der Waals surface area (Å²) in [7, 11) is 1.29. The van der Waals surface area contributed by atoms with Crippen molar-refractivity contribution in [3.8, 4) is 11.5 Å². The quantitative estimate of drug-likeness (QED) is 0.285. The van der Waals surface area contributed by atoms with Gasteiger partial charge in [-0.25, -0.2) is 18.6 Å². The van der Waals surface area contributed by atoms with E-state index in [-0.39, 0.29) is 30.7 Å². The Morgan fingerprint density at radius 1 is 1.10 bits per heavy atom. The Morgan fingerprint density at radius 3 is 2.42 bits per heavy atom. The molecule has 2 amide bonds. The summed E-state index contributed by atoms with van der Waals surface area (Å²) in [6.45, 7) is 12.5. The number of amides is 2. The molecule has 2 aromatic rings. The van der Waals surface area contributed by atoms with Crippen LogP contribution in [0.1, 0.15) is 72.3 Å². The van der Waals surface area contributed by atoms with Gasteiger partial charge in [0, 0.05) is 42.5 Å². The van der Waals surface area contributed by atoms with Crippen molar-refractivity contribution in [1.29, 1.82) is 0 Å². The highest BCUT2D eigenvalue weighted by atomic mass is 19.1. The molecule has 1 saturated carbocycles. The molecule has 4 rings (SSSR count). The number of anilines is 3. The van der Waals surface area contributed by atoms with Crippen LogP contribution in [0.5, 0.6) is 11.5 Å². The van der Waals surface area contributed by atoms with Crippen LogP contribution in [0.25, 0.3) is 0 Å². The van der Waals surface area contributed by atoms with Gasteiger partial charge in [-0.05, 0) is 66.8 Å². The monoisotopic (exact) mass is 560 g/mol. The Morgan fingerprint density at radius 2 is 1.80 bits per heavy atom. The van der Waals surface area contributed by atoms with Crippen molar-refractivity contribution >= 4 is 23.5 Å². The summed E-state index contributed by atoms with van der Waals surface area (Å²) in [6.07, 6.45) is 6.38. The van der Waals surface area contributed by atoms with Crippen molar-refractivity contribution in [2.75, 3.05) is 41.9 Å². The summed E-state index contributed by atoms with van der Waals surface area (Å²) in [6, 6.07) is 1.60. The van der Waals surface area contributed by atoms with Gasteiger partial charge in [0.1, 0.15) is 11.5 Å². The van der Waals surface area contributed by atoms with Crippen LogP contribution < -0.4 is 24.6 Å². The van der Waals surface area contributed by atoms with Crippen molar-refractivity contribution in [2.45, 2.75) is 91.4 Å². The lowest BCUT2D eigenvalue weighted by Crippen LogP contribution is -2.49. The van der Waals surface area contributed by atoms with Crippen molar-refractivity contribution in [3.05, 3.63) is 29.5 Å². The molecule has 0 radical (unpaired) electrons. The minimum Gasteiger partial charge on any atom is -0.493 e. The number of carbonyl (C=O) groups is 1. The van der Waals surface area contributed by atoms with Gasteiger partial charge >= 0.3 is 6.03 Å². The lowest BCUT2D eigenvalue weighted by Gasteiger charge is -2.36. The summed E-state index contributed by atoms with van der Waals surface area (Å²) in [4.78, 5) is 27.9. The highest BCUT2D eigenvalue weighted by Crippen LogP contribution is 2.43. The third-order valence-corrected chi connectivity index (χ3v) is 7.35. The van der Waals surface area contributed by atoms with Gasteiger partial charge in [0.2, 0.25) is 5.95 Å². The number of urea groups is 1. The lowest BCUT2D eigenvalue weighted by atomic mass is 10.1. The number of hydrogen-bond donors (Lipinski definition) is 1. The van der Waals surface area contributed by atoms with Crippen LogP contribution >= 0.6 is 0 Å². The van der Waals surface area contributed by atoms with E-state index in [0.717, 1.165) is 49.6 Å². The number of halogens is 2. The first kappa shape index (κ1) is 29.8. The number of unbranched alkanes of at least 4 members (excludes halogenated alkanes) is 2. The van der Waals surface area contributed by atoms with Gasteiger partial charge in [0.25, 0.3) is 0 Å². The van der Waals surface area contributed by atoms with Crippen LogP contribution in [0.4, 0.5) is 31.0 Å². The SMILES string of the molecule is CCOc1cc(OC)c(F)c(N2Cc3cnc(NCCCCCN(C(C)C)C(C)C)nc3N(C3CC3)C2=O)c1F. The molecule has 0 unspecified atom stereocenters. The van der Waals surface area contributed by atoms with Crippen molar-refractivity contribution in [1.82, 2.24) is 14.9 Å². The van der Waals surface area contributed by atoms with E-state index in [1.165, 1.54) is 12.0 Å². The first-order chi connectivity index (χ1) is 19.2. The molecule has 40 heavy (non-hydrogen) atoms. The molecule has 1 aromatic carbocycles. The maximum atomic E-state index is 15.5. The van der Waals surface area contributed by atoms with E-state index in [4.69, 9.17) is 9.47 Å². The molecule has 9 nitrogen and oxygen atoms in total. The Balaban J connectivity index is 1.48. The van der Waals surface area contributed by atoms with E-state index in [2.05, 4.69) is 47.9 Å². The molecule has 1 aliphatic carbocycles. The molecule has 11 heteroatoms. The number of rotatable bonds is 14. The fourth-order valence-electron chi connectivity index (χ4n) is 5.23. The van der Waals surface area contributed by atoms with Crippen LogP contribution in [0.15, 0.2) is 12.3 Å². The molecule has 0 spiro atoms. The number of methoxy groups -OCH3 is 1. The van der Waals surface area contributed by atoms with Gasteiger partial charge in [-0.1, -0.05) is 6.42 Å². The van der Waals surface area contributed by atoms with E-state index < -0.39 is 23.4 Å². The highest BCUT2D eigenvalue weighted by Gasteiger charge is 2.44. The minimum absolute atomic E-state index is 0.0769. The average molecular weight is 561 g/mol. The number of nitrogens with zero attached hydrogens (tertiary/aromatic N) is 5. The number of ether oxygens (including phenoxy) is 2. The summed E-state index contributed by atoms with van der Waals surface area (Å²) in [5.41, 5.74) is 0.110. The predicted molar refractivity (Wildman–Crippen MR) is 153 cm³/mol. The number of carbonyl (C=O) groups excluding carboxylic acids is 1. The largest absolute Gasteiger partial charge is 0.493 e. The van der Waals surface area contributed by atoms with Gasteiger partial charge in [-0.3, -0.25) is 14.7 Å². The summed E-state index contributed by atoms with van der Waals surface area (Å²) < 4.78 is 41.3. The number of aromatic nitrogens is 2. The molecule has 220 valence electrons. The van der Waals surface area contributed by atoms with Crippen molar-refractivity contribution < 1.29 is 23.0 Å². The fraction of sp³-hybridized carbons (Fsp3) is 0.621. The first-order valence-corrected chi connectivity index (χ1v) is 14.3. The first-order valence-electron chi connectivity index (χ1n) is 14.3. The zero-order valence-corrected chi connectivity index (χ0v) is 24.5. The van der Waals surface area contributed by atoms with Gasteiger partial charge < -0.3 is 14.8 Å². The third kappa shape index (κ3) is 6.40. The molecule has 0 bridgehead atoms. The molecule has 1 aromatic heterocycles. The van der Waals surface area contributed by atoms with E-state index in [1.54, 1.807) is 13.1 Å². The van der Waals surface area contributed by atoms with Gasteiger partial charge in [-0.15, -0.1) is 0 Å². The highest BCUT2D eigenvalue weighted by molar-refractivity contribution is 6.06. The topological polar surface area (TPSA) is 83.1 Å². The second-order valence-corrected chi connectivity index (χ2v) is 10.9. The van der Waals surface area contributed by atoms with E-state index in [0.29, 0.717) is 36.0 Å². The third-order valence-electron chi connectivity index (χ3n) is 7.35. The maximum absolute atomic E-state index is 15.5. The number of nitrogens with one attached hydrogen (secondary N) is 1. The Labute approximate surface area is 235 Å². The predicted octanol–water partition coefficient (Wildman–Crippen LogP) is 5.97. The molecule has 2 heterocycles. The molecular weight excluding hydrogens is 518 g/mol. The Kier molecular flexibility index (Phi) is 9.65. The summed E-state index contributed by atoms with van der Waals surface area (Å²) >= 11 is 0. The zero-order valence-electron chi connectivity index (χ0n) is 24.5. The number of fused-ring (bicyclic) bond motifs is 1. The second-order valence-electron chi connectivity index (χ2n) is 10.9. The van der Waals surface area contributed by atoms with Crippen molar-refractivity contribution in [2.24, 2.45) is 0 Å². The number of hydrogen-bond acceptors (Lipinski definition) is 7. The van der Waals surface area contributed by atoms with Crippen LogP contribution in [0, 0.1) is 11.6 Å². The van der Waals surface area contributed by atoms with E-state index >= 15 is 8.78 Å².